The normalized spacial score (nSPS) is 14.8. The fourth-order valence-electron chi connectivity index (χ4n) is 3.50. The van der Waals surface area contributed by atoms with Gasteiger partial charge >= 0.3 is 0 Å². The number of carbonyl (C=O) groups excluding carboxylic acids is 1. The van der Waals surface area contributed by atoms with Gasteiger partial charge in [-0.25, -0.2) is 0 Å². The molecule has 1 fully saturated rings. The summed E-state index contributed by atoms with van der Waals surface area (Å²) in [5, 5.41) is 3.60. The highest BCUT2D eigenvalue weighted by atomic mass is 16.5. The number of rotatable bonds is 7. The first-order valence-electron chi connectivity index (χ1n) is 9.45. The van der Waals surface area contributed by atoms with Crippen LogP contribution in [0.15, 0.2) is 48.5 Å². The molecule has 0 unspecified atom stereocenters. The van der Waals surface area contributed by atoms with Crippen LogP contribution in [0.3, 0.4) is 0 Å². The lowest BCUT2D eigenvalue weighted by atomic mass is 10.0. The monoisotopic (exact) mass is 368 g/mol. The molecule has 0 aliphatic carbocycles. The lowest BCUT2D eigenvalue weighted by Crippen LogP contribution is -2.45. The summed E-state index contributed by atoms with van der Waals surface area (Å²) < 4.78 is 10.6. The van der Waals surface area contributed by atoms with Crippen LogP contribution in [-0.4, -0.2) is 44.2 Å². The summed E-state index contributed by atoms with van der Waals surface area (Å²) in [6, 6.07) is 16.3. The predicted octanol–water partition coefficient (Wildman–Crippen LogP) is 3.03. The van der Waals surface area contributed by atoms with Crippen molar-refractivity contribution in [1.29, 1.82) is 0 Å². The second-order valence-electron chi connectivity index (χ2n) is 6.88. The highest BCUT2D eigenvalue weighted by Crippen LogP contribution is 2.20. The van der Waals surface area contributed by atoms with Gasteiger partial charge in [-0.2, -0.15) is 0 Å². The number of benzene rings is 2. The van der Waals surface area contributed by atoms with E-state index >= 15 is 0 Å². The largest absolute Gasteiger partial charge is 0.497 e. The molecule has 1 aliphatic heterocycles. The highest BCUT2D eigenvalue weighted by Gasteiger charge is 2.23. The Bertz CT molecular complexity index is 755. The lowest BCUT2D eigenvalue weighted by molar-refractivity contribution is -0.131. The Balaban J connectivity index is 1.46. The van der Waals surface area contributed by atoms with Crippen molar-refractivity contribution in [3.63, 3.8) is 0 Å². The van der Waals surface area contributed by atoms with Gasteiger partial charge < -0.3 is 19.7 Å². The van der Waals surface area contributed by atoms with Gasteiger partial charge in [-0.05, 0) is 36.6 Å². The third-order valence-corrected chi connectivity index (χ3v) is 5.11. The van der Waals surface area contributed by atoms with Gasteiger partial charge in [0.25, 0.3) is 0 Å². The summed E-state index contributed by atoms with van der Waals surface area (Å²) in [5.74, 6) is 1.83. The molecule has 1 amide bonds. The Labute approximate surface area is 161 Å². The van der Waals surface area contributed by atoms with Gasteiger partial charge in [0.2, 0.25) is 5.91 Å². The van der Waals surface area contributed by atoms with Crippen molar-refractivity contribution in [2.45, 2.75) is 31.8 Å². The van der Waals surface area contributed by atoms with Crippen molar-refractivity contribution in [2.24, 2.45) is 0 Å². The van der Waals surface area contributed by atoms with Crippen LogP contribution in [0.5, 0.6) is 11.5 Å². The van der Waals surface area contributed by atoms with Crippen LogP contribution in [-0.2, 0) is 17.8 Å². The van der Waals surface area contributed by atoms with E-state index in [9.17, 15) is 4.79 Å². The molecule has 0 spiro atoms. The third-order valence-electron chi connectivity index (χ3n) is 5.11. The van der Waals surface area contributed by atoms with Gasteiger partial charge in [0.15, 0.2) is 0 Å². The van der Waals surface area contributed by atoms with Crippen molar-refractivity contribution in [3.05, 3.63) is 59.7 Å². The number of carbonyl (C=O) groups is 1. The van der Waals surface area contributed by atoms with Crippen molar-refractivity contribution in [1.82, 2.24) is 10.2 Å². The van der Waals surface area contributed by atoms with Crippen LogP contribution in [0.25, 0.3) is 0 Å². The molecule has 1 saturated heterocycles. The number of ether oxygens (including phenoxy) is 2. The maximum atomic E-state index is 12.6. The van der Waals surface area contributed by atoms with E-state index in [4.69, 9.17) is 9.47 Å². The number of nitrogens with one attached hydrogen (secondary N) is 1. The number of methoxy groups -OCH3 is 2. The lowest BCUT2D eigenvalue weighted by Gasteiger charge is -2.32. The van der Waals surface area contributed by atoms with E-state index in [1.807, 2.05) is 41.3 Å². The molecule has 1 heterocycles. The Morgan fingerprint density at radius 2 is 1.85 bits per heavy atom. The van der Waals surface area contributed by atoms with Crippen LogP contribution < -0.4 is 14.8 Å². The molecule has 1 N–H and O–H groups in total. The molecule has 5 nitrogen and oxygen atoms in total. The maximum absolute atomic E-state index is 12.6. The van der Waals surface area contributed by atoms with Crippen molar-refractivity contribution in [2.75, 3.05) is 27.3 Å². The standard InChI is InChI=1S/C22H28N2O3/c1-26-20-8-5-6-17(14-20)16-23-19-10-12-24(13-11-19)22(25)15-18-7-3-4-9-21(18)27-2/h3-9,14,19,23H,10-13,15-16H2,1-2H3. The molecule has 0 radical (unpaired) electrons. The second-order valence-corrected chi connectivity index (χ2v) is 6.88. The van der Waals surface area contributed by atoms with Crippen LogP contribution in [0.2, 0.25) is 0 Å². The number of para-hydroxylation sites is 1. The molecule has 2 aromatic carbocycles. The van der Waals surface area contributed by atoms with Gasteiger partial charge in [0.1, 0.15) is 11.5 Å². The molecule has 0 aromatic heterocycles. The van der Waals surface area contributed by atoms with E-state index < -0.39 is 0 Å². The van der Waals surface area contributed by atoms with E-state index in [2.05, 4.69) is 17.4 Å². The Morgan fingerprint density at radius 1 is 1.07 bits per heavy atom. The summed E-state index contributed by atoms with van der Waals surface area (Å²) in [4.78, 5) is 14.6. The van der Waals surface area contributed by atoms with E-state index in [0.29, 0.717) is 12.5 Å². The first-order valence-corrected chi connectivity index (χ1v) is 9.45. The van der Waals surface area contributed by atoms with Crippen molar-refractivity contribution in [3.8, 4) is 11.5 Å². The summed E-state index contributed by atoms with van der Waals surface area (Å²) >= 11 is 0. The SMILES string of the molecule is COc1cccc(CNC2CCN(C(=O)Cc3ccccc3OC)CC2)c1. The van der Waals surface area contributed by atoms with Crippen LogP contribution in [0, 0.1) is 0 Å². The fraction of sp³-hybridized carbons (Fsp3) is 0.409. The minimum absolute atomic E-state index is 0.172. The van der Waals surface area contributed by atoms with E-state index in [1.165, 1.54) is 5.56 Å². The zero-order valence-corrected chi connectivity index (χ0v) is 16.1. The predicted molar refractivity (Wildman–Crippen MR) is 106 cm³/mol. The molecule has 3 rings (SSSR count). The minimum Gasteiger partial charge on any atom is -0.497 e. The maximum Gasteiger partial charge on any atom is 0.227 e. The van der Waals surface area contributed by atoms with Crippen molar-refractivity contribution >= 4 is 5.91 Å². The number of hydrogen-bond donors (Lipinski definition) is 1. The molecule has 0 atom stereocenters. The molecule has 144 valence electrons. The van der Waals surface area contributed by atoms with E-state index in [-0.39, 0.29) is 5.91 Å². The van der Waals surface area contributed by atoms with Gasteiger partial charge in [-0.1, -0.05) is 30.3 Å². The Hall–Kier alpha value is -2.53. The van der Waals surface area contributed by atoms with Gasteiger partial charge in [-0.15, -0.1) is 0 Å². The van der Waals surface area contributed by atoms with Crippen LogP contribution in [0.4, 0.5) is 0 Å². The molecule has 0 saturated carbocycles. The van der Waals surface area contributed by atoms with E-state index in [1.54, 1.807) is 14.2 Å². The quantitative estimate of drug-likeness (QED) is 0.816. The molecule has 5 heteroatoms. The first-order chi connectivity index (χ1) is 13.2. The minimum atomic E-state index is 0.172. The highest BCUT2D eigenvalue weighted by molar-refractivity contribution is 5.79. The molecule has 2 aromatic rings. The summed E-state index contributed by atoms with van der Waals surface area (Å²) in [6.45, 7) is 2.41. The Morgan fingerprint density at radius 3 is 2.59 bits per heavy atom. The first kappa shape index (κ1) is 19.2. The number of hydrogen-bond acceptors (Lipinski definition) is 4. The Kier molecular flexibility index (Phi) is 6.71. The zero-order chi connectivity index (χ0) is 19.1. The number of likely N-dealkylation sites (tertiary alicyclic amines) is 1. The number of amides is 1. The van der Waals surface area contributed by atoms with Gasteiger partial charge in [0.05, 0.1) is 20.6 Å². The summed E-state index contributed by atoms with van der Waals surface area (Å²) in [7, 11) is 3.33. The summed E-state index contributed by atoms with van der Waals surface area (Å²) in [5.41, 5.74) is 2.16. The molecule has 1 aliphatic rings. The average molecular weight is 368 g/mol. The van der Waals surface area contributed by atoms with Crippen molar-refractivity contribution < 1.29 is 14.3 Å². The second kappa shape index (κ2) is 9.42. The van der Waals surface area contributed by atoms with Crippen LogP contribution >= 0.6 is 0 Å². The number of piperidine rings is 1. The molecular weight excluding hydrogens is 340 g/mol. The fourth-order valence-corrected chi connectivity index (χ4v) is 3.50. The van der Waals surface area contributed by atoms with E-state index in [0.717, 1.165) is 49.5 Å². The molecule has 27 heavy (non-hydrogen) atoms. The van der Waals surface area contributed by atoms with Gasteiger partial charge in [-0.3, -0.25) is 4.79 Å². The topological polar surface area (TPSA) is 50.8 Å². The average Bonchev–Trinajstić information content (AvgIpc) is 2.73. The van der Waals surface area contributed by atoms with Gasteiger partial charge in [0, 0.05) is 31.2 Å². The zero-order valence-electron chi connectivity index (χ0n) is 16.1. The van der Waals surface area contributed by atoms with Crippen LogP contribution in [0.1, 0.15) is 24.0 Å². The third kappa shape index (κ3) is 5.23. The molecule has 0 bridgehead atoms. The number of nitrogens with zero attached hydrogens (tertiary/aromatic N) is 1. The smallest absolute Gasteiger partial charge is 0.227 e. The summed E-state index contributed by atoms with van der Waals surface area (Å²) in [6.07, 6.45) is 2.34. The molecular formula is C22H28N2O3.